The van der Waals surface area contributed by atoms with Crippen LogP contribution >= 0.6 is 0 Å². The Labute approximate surface area is 114 Å². The fraction of sp³-hybridized carbons (Fsp3) is 0.562. The summed E-state index contributed by atoms with van der Waals surface area (Å²) in [6.45, 7) is 0.900. The van der Waals surface area contributed by atoms with E-state index in [1.54, 1.807) is 12.1 Å². The van der Waals surface area contributed by atoms with Crippen molar-refractivity contribution < 1.29 is 9.18 Å². The molecule has 1 aliphatic rings. The van der Waals surface area contributed by atoms with Gasteiger partial charge in [-0.05, 0) is 50.1 Å². The quantitative estimate of drug-likeness (QED) is 0.626. The van der Waals surface area contributed by atoms with Gasteiger partial charge in [0.25, 0.3) is 0 Å². The highest BCUT2D eigenvalue weighted by Crippen LogP contribution is 2.17. The minimum absolute atomic E-state index is 0.102. The predicted octanol–water partition coefficient (Wildman–Crippen LogP) is 3.71. The number of hydrogen-bond acceptors (Lipinski definition) is 2. The molecule has 1 N–H and O–H groups in total. The largest absolute Gasteiger partial charge is 0.314 e. The molecule has 0 saturated heterocycles. The summed E-state index contributed by atoms with van der Waals surface area (Å²) in [7, 11) is 0. The van der Waals surface area contributed by atoms with Gasteiger partial charge in [0.1, 0.15) is 5.82 Å². The standard InChI is InChI=1S/C16H22FNO/c17-14-10-8-13(9-11-14)16(19)7-4-12-18-15-5-2-1-3-6-15/h8-11,15,18H,1-7,12H2. The van der Waals surface area contributed by atoms with E-state index >= 15 is 0 Å². The molecule has 0 aliphatic heterocycles. The molecule has 1 aromatic rings. The summed E-state index contributed by atoms with van der Waals surface area (Å²) in [6.07, 6.45) is 7.94. The average molecular weight is 263 g/mol. The fourth-order valence-electron chi connectivity index (χ4n) is 2.64. The van der Waals surface area contributed by atoms with E-state index in [-0.39, 0.29) is 11.6 Å². The van der Waals surface area contributed by atoms with Gasteiger partial charge in [0.2, 0.25) is 0 Å². The molecule has 1 aliphatic carbocycles. The average Bonchev–Trinajstić information content (AvgIpc) is 2.45. The molecule has 2 nitrogen and oxygen atoms in total. The molecule has 0 heterocycles. The molecule has 0 amide bonds. The van der Waals surface area contributed by atoms with Crippen LogP contribution in [0.2, 0.25) is 0 Å². The van der Waals surface area contributed by atoms with Crippen LogP contribution in [0, 0.1) is 5.82 Å². The summed E-state index contributed by atoms with van der Waals surface area (Å²) < 4.78 is 12.7. The van der Waals surface area contributed by atoms with Crippen molar-refractivity contribution in [2.75, 3.05) is 6.54 Å². The van der Waals surface area contributed by atoms with E-state index in [2.05, 4.69) is 5.32 Å². The molecular weight excluding hydrogens is 241 g/mol. The summed E-state index contributed by atoms with van der Waals surface area (Å²) in [5.74, 6) is -0.194. The summed E-state index contributed by atoms with van der Waals surface area (Å²) in [4.78, 5) is 11.9. The predicted molar refractivity (Wildman–Crippen MR) is 74.8 cm³/mol. The zero-order valence-electron chi connectivity index (χ0n) is 11.3. The maximum Gasteiger partial charge on any atom is 0.162 e. The molecule has 0 spiro atoms. The van der Waals surface area contributed by atoms with Crippen LogP contribution in [0.3, 0.4) is 0 Å². The topological polar surface area (TPSA) is 29.1 Å². The normalized spacial score (nSPS) is 16.5. The summed E-state index contributed by atoms with van der Waals surface area (Å²) in [5, 5.41) is 3.53. The third-order valence-corrected chi connectivity index (χ3v) is 3.78. The highest BCUT2D eigenvalue weighted by atomic mass is 19.1. The van der Waals surface area contributed by atoms with Gasteiger partial charge in [0.15, 0.2) is 5.78 Å². The molecule has 104 valence electrons. The molecule has 19 heavy (non-hydrogen) atoms. The van der Waals surface area contributed by atoms with Gasteiger partial charge in [0, 0.05) is 18.0 Å². The third-order valence-electron chi connectivity index (χ3n) is 3.78. The van der Waals surface area contributed by atoms with E-state index < -0.39 is 0 Å². The van der Waals surface area contributed by atoms with Crippen LogP contribution in [-0.2, 0) is 0 Å². The highest BCUT2D eigenvalue weighted by molar-refractivity contribution is 5.95. The SMILES string of the molecule is O=C(CCCNC1CCCCC1)c1ccc(F)cc1. The Morgan fingerprint density at radius 2 is 1.84 bits per heavy atom. The molecule has 2 rings (SSSR count). The number of carbonyl (C=O) groups excluding carboxylic acids is 1. The van der Waals surface area contributed by atoms with Gasteiger partial charge in [-0.2, -0.15) is 0 Å². The van der Waals surface area contributed by atoms with Gasteiger partial charge < -0.3 is 5.32 Å². The van der Waals surface area contributed by atoms with E-state index in [1.165, 1.54) is 44.2 Å². The van der Waals surface area contributed by atoms with Crippen molar-refractivity contribution in [1.29, 1.82) is 0 Å². The van der Waals surface area contributed by atoms with Crippen molar-refractivity contribution in [3.05, 3.63) is 35.6 Å². The zero-order chi connectivity index (χ0) is 13.5. The Kier molecular flexibility index (Phi) is 5.52. The first-order chi connectivity index (χ1) is 9.25. The smallest absolute Gasteiger partial charge is 0.162 e. The Balaban J connectivity index is 1.64. The maximum atomic E-state index is 12.7. The Morgan fingerprint density at radius 1 is 1.16 bits per heavy atom. The van der Waals surface area contributed by atoms with E-state index in [0.717, 1.165) is 13.0 Å². The lowest BCUT2D eigenvalue weighted by Gasteiger charge is -2.22. The molecule has 0 atom stereocenters. The Bertz CT molecular complexity index is 396. The van der Waals surface area contributed by atoms with Crippen LogP contribution in [0.4, 0.5) is 4.39 Å². The number of Topliss-reactive ketones (excluding diaryl/α,β-unsaturated/α-hetero) is 1. The van der Waals surface area contributed by atoms with Crippen molar-refractivity contribution in [2.24, 2.45) is 0 Å². The number of nitrogens with one attached hydrogen (secondary N) is 1. The molecular formula is C16H22FNO. The lowest BCUT2D eigenvalue weighted by atomic mass is 9.95. The van der Waals surface area contributed by atoms with E-state index in [0.29, 0.717) is 18.0 Å². The van der Waals surface area contributed by atoms with Gasteiger partial charge in [-0.1, -0.05) is 19.3 Å². The van der Waals surface area contributed by atoms with Crippen LogP contribution in [-0.4, -0.2) is 18.4 Å². The first kappa shape index (κ1) is 14.2. The van der Waals surface area contributed by atoms with Crippen LogP contribution in [0.15, 0.2) is 24.3 Å². The third kappa shape index (κ3) is 4.75. The molecule has 1 fully saturated rings. The highest BCUT2D eigenvalue weighted by Gasteiger charge is 2.12. The Morgan fingerprint density at radius 3 is 2.53 bits per heavy atom. The monoisotopic (exact) mass is 263 g/mol. The molecule has 0 aromatic heterocycles. The summed E-state index contributed by atoms with van der Waals surface area (Å²) in [6, 6.07) is 6.45. The lowest BCUT2D eigenvalue weighted by molar-refractivity contribution is 0.0979. The van der Waals surface area contributed by atoms with E-state index in [1.807, 2.05) is 0 Å². The van der Waals surface area contributed by atoms with E-state index in [9.17, 15) is 9.18 Å². The second kappa shape index (κ2) is 7.39. The first-order valence-corrected chi connectivity index (χ1v) is 7.28. The molecule has 0 radical (unpaired) electrons. The molecule has 0 bridgehead atoms. The van der Waals surface area contributed by atoms with Crippen molar-refractivity contribution in [2.45, 2.75) is 51.0 Å². The number of carbonyl (C=O) groups is 1. The second-order valence-corrected chi connectivity index (χ2v) is 5.32. The van der Waals surface area contributed by atoms with E-state index in [4.69, 9.17) is 0 Å². The molecule has 1 aromatic carbocycles. The van der Waals surface area contributed by atoms with Gasteiger partial charge in [-0.15, -0.1) is 0 Å². The van der Waals surface area contributed by atoms with Crippen molar-refractivity contribution in [3.8, 4) is 0 Å². The molecule has 3 heteroatoms. The van der Waals surface area contributed by atoms with Crippen LogP contribution in [0.5, 0.6) is 0 Å². The first-order valence-electron chi connectivity index (χ1n) is 7.28. The van der Waals surface area contributed by atoms with Crippen molar-refractivity contribution in [1.82, 2.24) is 5.32 Å². The number of rotatable bonds is 6. The number of halogens is 1. The molecule has 1 saturated carbocycles. The number of benzene rings is 1. The summed E-state index contributed by atoms with van der Waals surface area (Å²) in [5.41, 5.74) is 0.610. The summed E-state index contributed by atoms with van der Waals surface area (Å²) >= 11 is 0. The van der Waals surface area contributed by atoms with Crippen molar-refractivity contribution >= 4 is 5.78 Å². The number of ketones is 1. The Hall–Kier alpha value is -1.22. The zero-order valence-corrected chi connectivity index (χ0v) is 11.3. The fourth-order valence-corrected chi connectivity index (χ4v) is 2.64. The van der Waals surface area contributed by atoms with Gasteiger partial charge in [0.05, 0.1) is 0 Å². The minimum Gasteiger partial charge on any atom is -0.314 e. The molecule has 0 unspecified atom stereocenters. The van der Waals surface area contributed by atoms with Gasteiger partial charge >= 0.3 is 0 Å². The van der Waals surface area contributed by atoms with Gasteiger partial charge in [-0.3, -0.25) is 4.79 Å². The van der Waals surface area contributed by atoms with Crippen LogP contribution in [0.1, 0.15) is 55.3 Å². The second-order valence-electron chi connectivity index (χ2n) is 5.32. The maximum absolute atomic E-state index is 12.7. The van der Waals surface area contributed by atoms with Gasteiger partial charge in [-0.25, -0.2) is 4.39 Å². The van der Waals surface area contributed by atoms with Crippen LogP contribution in [0.25, 0.3) is 0 Å². The lowest BCUT2D eigenvalue weighted by Crippen LogP contribution is -2.31. The van der Waals surface area contributed by atoms with Crippen LogP contribution < -0.4 is 5.32 Å². The number of hydrogen-bond donors (Lipinski definition) is 1. The van der Waals surface area contributed by atoms with Crippen molar-refractivity contribution in [3.63, 3.8) is 0 Å². The minimum atomic E-state index is -0.296.